The van der Waals surface area contributed by atoms with E-state index in [1.165, 1.54) is 19.3 Å². The van der Waals surface area contributed by atoms with Gasteiger partial charge in [-0.15, -0.1) is 0 Å². The van der Waals surface area contributed by atoms with E-state index in [0.717, 1.165) is 12.8 Å². The molecule has 0 spiro atoms. The zero-order valence-corrected chi connectivity index (χ0v) is 8.15. The van der Waals surface area contributed by atoms with Crippen molar-refractivity contribution in [3.8, 4) is 0 Å². The Balaban J connectivity index is 2.30. The lowest BCUT2D eigenvalue weighted by molar-refractivity contribution is 0.196. The predicted molar refractivity (Wildman–Crippen MR) is 51.1 cm³/mol. The van der Waals surface area contributed by atoms with Gasteiger partial charge in [0.25, 0.3) is 0 Å². The van der Waals surface area contributed by atoms with Gasteiger partial charge in [-0.3, -0.25) is 0 Å². The van der Waals surface area contributed by atoms with E-state index < -0.39 is 6.17 Å². The lowest BCUT2D eigenvalue weighted by Crippen LogP contribution is -2.25. The number of halogens is 1. The first-order chi connectivity index (χ1) is 5.22. The fourth-order valence-corrected chi connectivity index (χ4v) is 2.59. The van der Waals surface area contributed by atoms with E-state index in [0.29, 0.717) is 11.2 Å². The van der Waals surface area contributed by atoms with Crippen LogP contribution < -0.4 is 0 Å². The number of hydrogen-bond donors (Lipinski definition) is 0. The van der Waals surface area contributed by atoms with E-state index >= 15 is 0 Å². The van der Waals surface area contributed by atoms with Crippen molar-refractivity contribution in [1.82, 2.24) is 0 Å². The van der Waals surface area contributed by atoms with E-state index in [-0.39, 0.29) is 0 Å². The molecule has 0 aromatic heterocycles. The number of alkyl halides is 1. The lowest BCUT2D eigenvalue weighted by atomic mass is 9.85. The second-order valence-electron chi connectivity index (χ2n) is 3.66. The highest BCUT2D eigenvalue weighted by atomic mass is 32.1. The molecule has 0 aromatic carbocycles. The molecular formula is C9H18FS+. The molecule has 0 radical (unpaired) electrons. The average Bonchev–Trinajstić information content (AvgIpc) is 1.85. The second kappa shape index (κ2) is 4.34. The minimum atomic E-state index is -0.553. The average molecular weight is 177 g/mol. The van der Waals surface area contributed by atoms with Crippen molar-refractivity contribution in [1.29, 1.82) is 0 Å². The standard InChI is InChI=1S/C9H17FS/c1-2-3-7-4-8(10)6-9(11)5-7/h7-9,11H,2-6H2,1H3/p+1. The van der Waals surface area contributed by atoms with Crippen LogP contribution in [0.25, 0.3) is 0 Å². The molecule has 0 saturated heterocycles. The highest BCUT2D eigenvalue weighted by molar-refractivity contribution is 7.59. The van der Waals surface area contributed by atoms with Gasteiger partial charge in [0, 0.05) is 6.42 Å². The summed E-state index contributed by atoms with van der Waals surface area (Å²) in [6, 6.07) is 0. The van der Waals surface area contributed by atoms with Gasteiger partial charge in [-0.05, 0) is 31.4 Å². The summed E-state index contributed by atoms with van der Waals surface area (Å²) in [4.78, 5) is 0. The van der Waals surface area contributed by atoms with Crippen molar-refractivity contribution in [2.24, 2.45) is 5.92 Å². The van der Waals surface area contributed by atoms with Crippen molar-refractivity contribution < 1.29 is 4.39 Å². The Morgan fingerprint density at radius 1 is 1.36 bits per heavy atom. The summed E-state index contributed by atoms with van der Waals surface area (Å²) in [6.45, 7) is 2.17. The molecule has 0 aromatic rings. The highest BCUT2D eigenvalue weighted by Crippen LogP contribution is 2.30. The summed E-state index contributed by atoms with van der Waals surface area (Å²) in [5.41, 5.74) is 0. The van der Waals surface area contributed by atoms with Crippen molar-refractivity contribution >= 4 is 12.6 Å². The topological polar surface area (TPSA) is 0 Å². The maximum absolute atomic E-state index is 13.0. The molecule has 2 heteroatoms. The molecule has 11 heavy (non-hydrogen) atoms. The largest absolute Gasteiger partial charge is 0.247 e. The second-order valence-corrected chi connectivity index (χ2v) is 4.47. The Bertz CT molecular complexity index is 106. The van der Waals surface area contributed by atoms with Crippen LogP contribution in [0.5, 0.6) is 0 Å². The maximum atomic E-state index is 13.0. The molecule has 1 aliphatic carbocycles. The first-order valence-corrected chi connectivity index (χ1v) is 5.15. The van der Waals surface area contributed by atoms with Crippen LogP contribution in [0.4, 0.5) is 4.39 Å². The van der Waals surface area contributed by atoms with Crippen molar-refractivity contribution in [2.75, 3.05) is 0 Å². The maximum Gasteiger partial charge on any atom is 0.116 e. The van der Waals surface area contributed by atoms with Crippen LogP contribution in [0.1, 0.15) is 39.0 Å². The summed E-state index contributed by atoms with van der Waals surface area (Å²) in [6.07, 6.45) is 4.53. The molecule has 0 N–H and O–H groups in total. The van der Waals surface area contributed by atoms with E-state index in [1.54, 1.807) is 0 Å². The van der Waals surface area contributed by atoms with Crippen LogP contribution in [-0.2, 0) is 12.6 Å². The molecule has 3 atom stereocenters. The van der Waals surface area contributed by atoms with E-state index in [2.05, 4.69) is 19.6 Å². The first-order valence-electron chi connectivity index (χ1n) is 4.57. The molecule has 1 saturated carbocycles. The zero-order chi connectivity index (χ0) is 8.27. The third-order valence-electron chi connectivity index (χ3n) is 2.44. The molecule has 0 nitrogen and oxygen atoms in total. The van der Waals surface area contributed by atoms with Gasteiger partial charge in [0.2, 0.25) is 0 Å². The van der Waals surface area contributed by atoms with Crippen LogP contribution in [-0.4, -0.2) is 11.4 Å². The van der Waals surface area contributed by atoms with Crippen LogP contribution in [0.2, 0.25) is 0 Å². The van der Waals surface area contributed by atoms with Crippen LogP contribution in [0, 0.1) is 5.92 Å². The van der Waals surface area contributed by atoms with Gasteiger partial charge < -0.3 is 0 Å². The summed E-state index contributed by atoms with van der Waals surface area (Å²) < 4.78 is 13.0. The molecule has 1 fully saturated rings. The Morgan fingerprint density at radius 2 is 2.09 bits per heavy atom. The summed E-state index contributed by atoms with van der Waals surface area (Å²) >= 11 is 3.55. The van der Waals surface area contributed by atoms with E-state index in [1.807, 2.05) is 0 Å². The molecule has 3 unspecified atom stereocenters. The minimum Gasteiger partial charge on any atom is -0.247 e. The highest BCUT2D eigenvalue weighted by Gasteiger charge is 2.29. The molecule has 0 amide bonds. The molecule has 0 bridgehead atoms. The van der Waals surface area contributed by atoms with Crippen molar-refractivity contribution in [2.45, 2.75) is 50.4 Å². The van der Waals surface area contributed by atoms with Gasteiger partial charge in [0.1, 0.15) is 11.4 Å². The quantitative estimate of drug-likeness (QED) is 0.568. The van der Waals surface area contributed by atoms with Crippen LogP contribution >= 0.6 is 0 Å². The number of hydrogen-bond acceptors (Lipinski definition) is 0. The third kappa shape index (κ3) is 3.02. The Morgan fingerprint density at radius 3 is 2.64 bits per heavy atom. The Labute approximate surface area is 74.0 Å². The molecular weight excluding hydrogens is 159 g/mol. The Hall–Kier alpha value is 0.280. The smallest absolute Gasteiger partial charge is 0.116 e. The molecule has 0 aliphatic heterocycles. The third-order valence-corrected chi connectivity index (χ3v) is 2.92. The molecule has 1 aliphatic rings. The zero-order valence-electron chi connectivity index (χ0n) is 7.15. The van der Waals surface area contributed by atoms with Gasteiger partial charge in [-0.2, -0.15) is 0 Å². The van der Waals surface area contributed by atoms with E-state index in [9.17, 15) is 4.39 Å². The first kappa shape index (κ1) is 9.37. The predicted octanol–water partition coefficient (Wildman–Crippen LogP) is 2.30. The van der Waals surface area contributed by atoms with Gasteiger partial charge in [-0.1, -0.05) is 19.8 Å². The van der Waals surface area contributed by atoms with Crippen molar-refractivity contribution in [3.05, 3.63) is 0 Å². The van der Waals surface area contributed by atoms with Crippen molar-refractivity contribution in [3.63, 3.8) is 0 Å². The normalized spacial score (nSPS) is 39.0. The fraction of sp³-hybridized carbons (Fsp3) is 1.00. The summed E-state index contributed by atoms with van der Waals surface area (Å²) in [7, 11) is 0. The lowest BCUT2D eigenvalue weighted by Gasteiger charge is -2.25. The van der Waals surface area contributed by atoms with Gasteiger partial charge in [0.05, 0.1) is 0 Å². The van der Waals surface area contributed by atoms with Gasteiger partial charge in [0.15, 0.2) is 0 Å². The molecule has 1 rings (SSSR count). The summed E-state index contributed by atoms with van der Waals surface area (Å²) in [5.74, 6) is 0.631. The number of rotatable bonds is 2. The Kier molecular flexibility index (Phi) is 3.70. The minimum absolute atomic E-state index is 0.426. The SMILES string of the molecule is CCCC1CC(F)CC([SH2+])C1. The van der Waals surface area contributed by atoms with Crippen LogP contribution in [0.15, 0.2) is 0 Å². The van der Waals surface area contributed by atoms with Gasteiger partial charge >= 0.3 is 0 Å². The van der Waals surface area contributed by atoms with Crippen LogP contribution in [0.3, 0.4) is 0 Å². The van der Waals surface area contributed by atoms with E-state index in [4.69, 9.17) is 0 Å². The van der Waals surface area contributed by atoms with Gasteiger partial charge in [-0.25, -0.2) is 4.39 Å². The fourth-order valence-electron chi connectivity index (χ4n) is 2.01. The molecule has 0 heterocycles. The summed E-state index contributed by atoms with van der Waals surface area (Å²) in [5, 5.41) is 0.426. The monoisotopic (exact) mass is 177 g/mol. The molecule has 66 valence electrons.